The van der Waals surface area contributed by atoms with E-state index >= 15 is 0 Å². The highest BCUT2D eigenvalue weighted by Gasteiger charge is 2.31. The maximum Gasteiger partial charge on any atom is 0.345 e. The van der Waals surface area contributed by atoms with Crippen molar-refractivity contribution in [1.29, 1.82) is 0 Å². The second-order valence-electron chi connectivity index (χ2n) is 10.3. The number of unbranched alkanes of at least 4 members (excludes halogenated alkanes) is 1. The summed E-state index contributed by atoms with van der Waals surface area (Å²) in [7, 11) is 6.29. The molecule has 12 heteroatoms. The van der Waals surface area contributed by atoms with Gasteiger partial charge in [-0.3, -0.25) is 5.21 Å². The van der Waals surface area contributed by atoms with Crippen molar-refractivity contribution < 1.29 is 38.4 Å². The van der Waals surface area contributed by atoms with Crippen molar-refractivity contribution in [3.8, 4) is 28.7 Å². The maximum absolute atomic E-state index is 13.0. The zero-order valence-corrected chi connectivity index (χ0v) is 28.7. The van der Waals surface area contributed by atoms with Gasteiger partial charge >= 0.3 is 6.03 Å². The molecule has 45 heavy (non-hydrogen) atoms. The standard InChI is InChI=1S/C33H41BrN2O8S/c1-6-7-14-36(38)33(37)35-25-17-21(18-28(39-2)31(25)43-15-16-45-24-10-8-23(34)9-11-24)26-12-13-27(44-26)22-19-29(40-3)32(42-5)30(20-22)41-4/h8-11,17-20,26-27,38H,6-7,12-16H2,1-5H3,(H,35,37)/t26-,27-/m0/s1. The number of halogens is 1. The molecule has 2 amide bonds. The van der Waals surface area contributed by atoms with E-state index in [2.05, 4.69) is 21.2 Å². The average Bonchev–Trinajstić information content (AvgIpc) is 3.56. The molecule has 1 aliphatic heterocycles. The molecule has 1 heterocycles. The molecule has 2 atom stereocenters. The van der Waals surface area contributed by atoms with Crippen molar-refractivity contribution in [2.75, 3.05) is 52.7 Å². The van der Waals surface area contributed by atoms with E-state index in [1.165, 1.54) is 0 Å². The third-order valence-corrected chi connectivity index (χ3v) is 8.86. The first-order valence-electron chi connectivity index (χ1n) is 14.8. The number of ether oxygens (including phenoxy) is 6. The smallest absolute Gasteiger partial charge is 0.345 e. The molecule has 1 saturated heterocycles. The van der Waals surface area contributed by atoms with Gasteiger partial charge in [-0.05, 0) is 78.9 Å². The summed E-state index contributed by atoms with van der Waals surface area (Å²) in [6.45, 7) is 2.56. The zero-order chi connectivity index (χ0) is 32.3. The lowest BCUT2D eigenvalue weighted by Gasteiger charge is -2.22. The molecule has 3 aromatic carbocycles. The van der Waals surface area contributed by atoms with Gasteiger partial charge in [0.15, 0.2) is 23.0 Å². The number of rotatable bonds is 15. The van der Waals surface area contributed by atoms with Crippen LogP contribution in [0.5, 0.6) is 28.7 Å². The quantitative estimate of drug-likeness (QED) is 0.0699. The Bertz CT molecular complexity index is 1400. The molecule has 0 radical (unpaired) electrons. The highest BCUT2D eigenvalue weighted by molar-refractivity contribution is 9.10. The van der Waals surface area contributed by atoms with Crippen LogP contribution in [0.2, 0.25) is 0 Å². The third kappa shape index (κ3) is 8.90. The summed E-state index contributed by atoms with van der Waals surface area (Å²) >= 11 is 5.12. The number of anilines is 1. The van der Waals surface area contributed by atoms with E-state index in [0.717, 1.165) is 39.8 Å². The van der Waals surface area contributed by atoms with Gasteiger partial charge in [-0.2, -0.15) is 0 Å². The van der Waals surface area contributed by atoms with Gasteiger partial charge in [0, 0.05) is 15.1 Å². The number of hydrogen-bond acceptors (Lipinski definition) is 9. The number of nitrogens with one attached hydrogen (secondary N) is 1. The molecule has 3 aromatic rings. The van der Waals surface area contributed by atoms with Crippen molar-refractivity contribution >= 4 is 39.4 Å². The largest absolute Gasteiger partial charge is 0.493 e. The normalized spacial score (nSPS) is 15.8. The first-order valence-corrected chi connectivity index (χ1v) is 16.5. The monoisotopic (exact) mass is 704 g/mol. The fourth-order valence-electron chi connectivity index (χ4n) is 5.04. The van der Waals surface area contributed by atoms with E-state index < -0.39 is 6.03 Å². The summed E-state index contributed by atoms with van der Waals surface area (Å²) in [5, 5.41) is 13.8. The van der Waals surface area contributed by atoms with Gasteiger partial charge in [-0.15, -0.1) is 11.8 Å². The van der Waals surface area contributed by atoms with Crippen molar-refractivity contribution in [2.45, 2.75) is 49.7 Å². The van der Waals surface area contributed by atoms with Crippen LogP contribution in [-0.2, 0) is 4.74 Å². The number of nitrogens with zero attached hydrogens (tertiary/aromatic N) is 1. The Morgan fingerprint density at radius 3 is 2.07 bits per heavy atom. The predicted octanol–water partition coefficient (Wildman–Crippen LogP) is 8.27. The predicted molar refractivity (Wildman–Crippen MR) is 178 cm³/mol. The minimum Gasteiger partial charge on any atom is -0.493 e. The molecule has 1 aliphatic rings. The van der Waals surface area contributed by atoms with Gasteiger partial charge in [0.2, 0.25) is 5.75 Å². The average molecular weight is 706 g/mol. The van der Waals surface area contributed by atoms with E-state index in [1.54, 1.807) is 40.2 Å². The number of methoxy groups -OCH3 is 4. The Kier molecular flexibility index (Phi) is 12.9. The SMILES string of the molecule is CCCCN(O)C(=O)Nc1cc([C@@H]2CC[C@@H](c3cc(OC)c(OC)c(OC)c3)O2)cc(OC)c1OCCSc1ccc(Br)cc1. The van der Waals surface area contributed by atoms with E-state index in [1.807, 2.05) is 55.5 Å². The van der Waals surface area contributed by atoms with E-state index in [9.17, 15) is 10.0 Å². The van der Waals surface area contributed by atoms with Crippen molar-refractivity contribution in [2.24, 2.45) is 0 Å². The fraction of sp³-hybridized carbons (Fsp3) is 0.424. The van der Waals surface area contributed by atoms with Crippen LogP contribution in [0.3, 0.4) is 0 Å². The molecule has 10 nitrogen and oxygen atoms in total. The summed E-state index contributed by atoms with van der Waals surface area (Å²) in [4.78, 5) is 14.1. The van der Waals surface area contributed by atoms with Crippen molar-refractivity contribution in [3.63, 3.8) is 0 Å². The number of carbonyl (C=O) groups excluding carboxylic acids is 1. The number of benzene rings is 3. The molecular formula is C33H41BrN2O8S. The van der Waals surface area contributed by atoms with Crippen LogP contribution in [0.15, 0.2) is 57.9 Å². The molecule has 2 N–H and O–H groups in total. The molecule has 0 bridgehead atoms. The molecule has 0 saturated carbocycles. The number of thioether (sulfide) groups is 1. The summed E-state index contributed by atoms with van der Waals surface area (Å²) in [5.74, 6) is 3.14. The molecule has 0 aromatic heterocycles. The summed E-state index contributed by atoms with van der Waals surface area (Å²) < 4.78 is 36.1. The molecule has 1 fully saturated rings. The highest BCUT2D eigenvalue weighted by atomic mass is 79.9. The van der Waals surface area contributed by atoms with Crippen LogP contribution in [0.4, 0.5) is 10.5 Å². The van der Waals surface area contributed by atoms with Gasteiger partial charge in [0.05, 0.1) is 59.5 Å². The molecule has 0 spiro atoms. The minimum absolute atomic E-state index is 0.210. The van der Waals surface area contributed by atoms with Crippen LogP contribution >= 0.6 is 27.7 Å². The van der Waals surface area contributed by atoms with Crippen LogP contribution in [0, 0.1) is 0 Å². The summed E-state index contributed by atoms with van der Waals surface area (Å²) in [6, 6.07) is 14.9. The van der Waals surface area contributed by atoms with Crippen LogP contribution < -0.4 is 29.0 Å². The Labute approximate surface area is 277 Å². The van der Waals surface area contributed by atoms with E-state index in [-0.39, 0.29) is 18.8 Å². The number of carbonyl (C=O) groups is 1. The number of hydrogen-bond donors (Lipinski definition) is 2. The second kappa shape index (κ2) is 16.8. The van der Waals surface area contributed by atoms with Crippen molar-refractivity contribution in [1.82, 2.24) is 5.06 Å². The van der Waals surface area contributed by atoms with Crippen LogP contribution in [0.1, 0.15) is 55.9 Å². The summed E-state index contributed by atoms with van der Waals surface area (Å²) in [5.41, 5.74) is 2.10. The van der Waals surface area contributed by atoms with Gasteiger partial charge in [0.25, 0.3) is 0 Å². The lowest BCUT2D eigenvalue weighted by Crippen LogP contribution is -2.33. The van der Waals surface area contributed by atoms with Crippen LogP contribution in [0.25, 0.3) is 0 Å². The number of amides is 2. The van der Waals surface area contributed by atoms with E-state index in [0.29, 0.717) is 58.3 Å². The lowest BCUT2D eigenvalue weighted by molar-refractivity contribution is -0.0379. The lowest BCUT2D eigenvalue weighted by atomic mass is 10.0. The molecular weight excluding hydrogens is 664 g/mol. The van der Waals surface area contributed by atoms with Crippen molar-refractivity contribution in [3.05, 3.63) is 64.1 Å². The molecule has 4 rings (SSSR count). The van der Waals surface area contributed by atoms with Gasteiger partial charge in [-0.1, -0.05) is 29.3 Å². The molecule has 0 unspecified atom stereocenters. The Balaban J connectivity index is 1.57. The fourth-order valence-corrected chi connectivity index (χ4v) is 6.04. The summed E-state index contributed by atoms with van der Waals surface area (Å²) in [6.07, 6.45) is 2.48. The molecule has 0 aliphatic carbocycles. The van der Waals surface area contributed by atoms with Gasteiger partial charge in [0.1, 0.15) is 0 Å². The topological polar surface area (TPSA) is 108 Å². The van der Waals surface area contributed by atoms with Gasteiger partial charge < -0.3 is 33.7 Å². The highest BCUT2D eigenvalue weighted by Crippen LogP contribution is 2.48. The number of urea groups is 1. The maximum atomic E-state index is 13.0. The minimum atomic E-state index is -0.653. The third-order valence-electron chi connectivity index (χ3n) is 7.36. The first kappa shape index (κ1) is 34.6. The Morgan fingerprint density at radius 2 is 1.51 bits per heavy atom. The Hall–Kier alpha value is -3.32. The second-order valence-corrected chi connectivity index (χ2v) is 12.4. The zero-order valence-electron chi connectivity index (χ0n) is 26.3. The van der Waals surface area contributed by atoms with E-state index in [4.69, 9.17) is 28.4 Å². The molecule has 244 valence electrons. The van der Waals surface area contributed by atoms with Gasteiger partial charge in [-0.25, -0.2) is 9.86 Å². The number of hydroxylamine groups is 2. The first-order chi connectivity index (χ1) is 21.8. The Morgan fingerprint density at radius 1 is 0.933 bits per heavy atom. The van der Waals surface area contributed by atoms with Crippen LogP contribution in [-0.4, -0.2) is 63.6 Å².